The Kier molecular flexibility index (Phi) is 7.03. The number of ether oxygens (including phenoxy) is 1. The van der Waals surface area contributed by atoms with Crippen LogP contribution in [0.1, 0.15) is 46.1 Å². The summed E-state index contributed by atoms with van der Waals surface area (Å²) in [7, 11) is 0. The van der Waals surface area contributed by atoms with Gasteiger partial charge in [0.15, 0.2) is 5.78 Å². The molecular weight excluding hydrogens is 322 g/mol. The molecule has 0 aliphatic carbocycles. The number of benzene rings is 1. The molecule has 1 rings (SSSR count). The number of hydrogen-bond donors (Lipinski definition) is 0. The number of carbonyl (C=O) groups is 2. The van der Waals surface area contributed by atoms with Crippen LogP contribution in [-0.4, -0.2) is 28.3 Å². The average Bonchev–Trinajstić information content (AvgIpc) is 2.50. The largest absolute Gasteiger partial charge is 0.459 e. The molecule has 0 unspecified atom stereocenters. The topological polar surface area (TPSA) is 86.5 Å². The van der Waals surface area contributed by atoms with Crippen molar-refractivity contribution in [3.63, 3.8) is 0 Å². The van der Waals surface area contributed by atoms with E-state index in [9.17, 15) is 19.7 Å². The lowest BCUT2D eigenvalue weighted by Crippen LogP contribution is -2.41. The fourth-order valence-electron chi connectivity index (χ4n) is 2.63. The van der Waals surface area contributed by atoms with Crippen LogP contribution in [0.25, 0.3) is 0 Å². The van der Waals surface area contributed by atoms with Crippen LogP contribution in [0.2, 0.25) is 0 Å². The molecular formula is C19H25NO5. The summed E-state index contributed by atoms with van der Waals surface area (Å²) in [5.74, 6) is -3.45. The van der Waals surface area contributed by atoms with Crippen molar-refractivity contribution >= 4 is 11.8 Å². The summed E-state index contributed by atoms with van der Waals surface area (Å²) in [4.78, 5) is 36.3. The van der Waals surface area contributed by atoms with Crippen molar-refractivity contribution in [2.24, 2.45) is 5.92 Å². The van der Waals surface area contributed by atoms with Crippen LogP contribution in [0, 0.1) is 16.0 Å². The van der Waals surface area contributed by atoms with Gasteiger partial charge in [-0.15, -0.1) is 0 Å². The molecule has 0 heterocycles. The highest BCUT2D eigenvalue weighted by molar-refractivity contribution is 6.06. The summed E-state index contributed by atoms with van der Waals surface area (Å²) in [6.07, 6.45) is 2.77. The number of allylic oxidation sites excluding steroid dienone is 2. The summed E-state index contributed by atoms with van der Waals surface area (Å²) in [5, 5.41) is 11.4. The Morgan fingerprint density at radius 2 is 1.76 bits per heavy atom. The molecule has 0 aliphatic rings. The van der Waals surface area contributed by atoms with Gasteiger partial charge in [-0.1, -0.05) is 36.4 Å². The SMILES string of the molecule is C/C=C/C(=O)[C@H](C(=O)OC(C)(C)C)[C@@H](c1ccccc1)[C@@H](C)[N+](=O)[O-]. The lowest BCUT2D eigenvalue weighted by Gasteiger charge is -2.28. The van der Waals surface area contributed by atoms with Crippen LogP contribution in [-0.2, 0) is 14.3 Å². The number of nitro groups is 1. The zero-order valence-electron chi connectivity index (χ0n) is 15.3. The van der Waals surface area contributed by atoms with E-state index in [0.29, 0.717) is 5.56 Å². The average molecular weight is 347 g/mol. The maximum Gasteiger partial charge on any atom is 0.318 e. The van der Waals surface area contributed by atoms with Gasteiger partial charge in [0.25, 0.3) is 0 Å². The minimum absolute atomic E-state index is 0.474. The molecule has 0 N–H and O–H groups in total. The van der Waals surface area contributed by atoms with E-state index in [4.69, 9.17) is 4.74 Å². The highest BCUT2D eigenvalue weighted by atomic mass is 16.6. The fourth-order valence-corrected chi connectivity index (χ4v) is 2.63. The summed E-state index contributed by atoms with van der Waals surface area (Å²) >= 11 is 0. The lowest BCUT2D eigenvalue weighted by molar-refractivity contribution is -0.523. The van der Waals surface area contributed by atoms with Gasteiger partial charge in [-0.25, -0.2) is 0 Å². The molecule has 0 bridgehead atoms. The van der Waals surface area contributed by atoms with E-state index >= 15 is 0 Å². The van der Waals surface area contributed by atoms with E-state index in [1.165, 1.54) is 19.1 Å². The van der Waals surface area contributed by atoms with Gasteiger partial charge in [0.05, 0.1) is 5.92 Å². The maximum atomic E-state index is 12.7. The molecule has 25 heavy (non-hydrogen) atoms. The Balaban J connectivity index is 3.44. The second kappa shape index (κ2) is 8.55. The van der Waals surface area contributed by atoms with Gasteiger partial charge in [-0.3, -0.25) is 19.7 Å². The monoisotopic (exact) mass is 347 g/mol. The van der Waals surface area contributed by atoms with Crippen molar-refractivity contribution in [1.29, 1.82) is 0 Å². The first kappa shape index (κ1) is 20.5. The summed E-state index contributed by atoms with van der Waals surface area (Å²) in [6.45, 7) is 8.13. The van der Waals surface area contributed by atoms with Crippen molar-refractivity contribution < 1.29 is 19.2 Å². The zero-order chi connectivity index (χ0) is 19.2. The molecule has 6 nitrogen and oxygen atoms in total. The molecule has 0 aliphatic heterocycles. The first-order chi connectivity index (χ1) is 11.6. The maximum absolute atomic E-state index is 12.7. The van der Waals surface area contributed by atoms with E-state index in [1.807, 2.05) is 0 Å². The van der Waals surface area contributed by atoms with Crippen molar-refractivity contribution in [3.8, 4) is 0 Å². The molecule has 0 saturated carbocycles. The predicted molar refractivity (Wildman–Crippen MR) is 94.8 cm³/mol. The summed E-state index contributed by atoms with van der Waals surface area (Å²) in [6, 6.07) is 7.46. The normalized spacial score (nSPS) is 15.4. The molecule has 0 aromatic heterocycles. The standard InChI is InChI=1S/C19H25NO5/c1-6-10-15(21)17(18(22)25-19(3,4)5)16(13(2)20(23)24)14-11-8-7-9-12-14/h6-13,16-17H,1-5H3/b10-6+/t13-,16-,17+/m1/s1. The zero-order valence-corrected chi connectivity index (χ0v) is 15.3. The van der Waals surface area contributed by atoms with Crippen molar-refractivity contribution in [2.45, 2.75) is 52.2 Å². The highest BCUT2D eigenvalue weighted by Crippen LogP contribution is 2.33. The Morgan fingerprint density at radius 3 is 2.20 bits per heavy atom. The third kappa shape index (κ3) is 5.81. The Labute approximate surface area is 148 Å². The Bertz CT molecular complexity index is 646. The minimum atomic E-state index is -1.28. The van der Waals surface area contributed by atoms with Gasteiger partial charge in [0, 0.05) is 11.8 Å². The quantitative estimate of drug-likeness (QED) is 0.247. The van der Waals surface area contributed by atoms with Gasteiger partial charge >= 0.3 is 5.97 Å². The van der Waals surface area contributed by atoms with E-state index in [1.54, 1.807) is 58.0 Å². The lowest BCUT2D eigenvalue weighted by atomic mass is 9.78. The van der Waals surface area contributed by atoms with E-state index in [2.05, 4.69) is 0 Å². The third-order valence-electron chi connectivity index (χ3n) is 3.69. The first-order valence-electron chi connectivity index (χ1n) is 8.16. The second-order valence-electron chi connectivity index (χ2n) is 6.88. The third-order valence-corrected chi connectivity index (χ3v) is 3.69. The van der Waals surface area contributed by atoms with Gasteiger partial charge in [0.2, 0.25) is 6.04 Å². The van der Waals surface area contributed by atoms with Crippen LogP contribution >= 0.6 is 0 Å². The first-order valence-corrected chi connectivity index (χ1v) is 8.16. The molecule has 6 heteroatoms. The summed E-state index contributed by atoms with van der Waals surface area (Å²) in [5.41, 5.74) is -0.245. The molecule has 0 amide bonds. The highest BCUT2D eigenvalue weighted by Gasteiger charge is 2.44. The van der Waals surface area contributed by atoms with Gasteiger partial charge in [-0.05, 0) is 39.3 Å². The molecule has 1 aromatic rings. The van der Waals surface area contributed by atoms with Crippen molar-refractivity contribution in [2.75, 3.05) is 0 Å². The van der Waals surface area contributed by atoms with Crippen LogP contribution in [0.15, 0.2) is 42.5 Å². The van der Waals surface area contributed by atoms with Crippen LogP contribution in [0.4, 0.5) is 0 Å². The van der Waals surface area contributed by atoms with Crippen molar-refractivity contribution in [3.05, 3.63) is 58.2 Å². The Hall–Kier alpha value is -2.50. The van der Waals surface area contributed by atoms with Crippen LogP contribution in [0.5, 0.6) is 0 Å². The second-order valence-corrected chi connectivity index (χ2v) is 6.88. The number of esters is 1. The minimum Gasteiger partial charge on any atom is -0.459 e. The molecule has 0 radical (unpaired) electrons. The predicted octanol–water partition coefficient (Wildman–Crippen LogP) is 3.54. The molecule has 0 fully saturated rings. The molecule has 3 atom stereocenters. The van der Waals surface area contributed by atoms with E-state index < -0.39 is 40.2 Å². The number of carbonyl (C=O) groups excluding carboxylic acids is 2. The van der Waals surface area contributed by atoms with Crippen LogP contribution in [0.3, 0.4) is 0 Å². The number of ketones is 1. The number of rotatable bonds is 7. The molecule has 0 saturated heterocycles. The number of nitrogens with zero attached hydrogens (tertiary/aromatic N) is 1. The smallest absolute Gasteiger partial charge is 0.318 e. The number of hydrogen-bond acceptors (Lipinski definition) is 5. The summed E-state index contributed by atoms with van der Waals surface area (Å²) < 4.78 is 5.38. The van der Waals surface area contributed by atoms with E-state index in [0.717, 1.165) is 0 Å². The van der Waals surface area contributed by atoms with Gasteiger partial charge < -0.3 is 4.74 Å². The van der Waals surface area contributed by atoms with Gasteiger partial charge in [0.1, 0.15) is 11.5 Å². The van der Waals surface area contributed by atoms with Crippen molar-refractivity contribution in [1.82, 2.24) is 0 Å². The Morgan fingerprint density at radius 1 is 1.20 bits per heavy atom. The molecule has 0 spiro atoms. The van der Waals surface area contributed by atoms with E-state index in [-0.39, 0.29) is 0 Å². The van der Waals surface area contributed by atoms with Gasteiger partial charge in [-0.2, -0.15) is 0 Å². The molecule has 136 valence electrons. The molecule has 1 aromatic carbocycles. The fraction of sp³-hybridized carbons (Fsp3) is 0.474. The van der Waals surface area contributed by atoms with Crippen LogP contribution < -0.4 is 0 Å².